The average Bonchev–Trinajstić information content (AvgIpc) is 3.02. The predicted molar refractivity (Wildman–Crippen MR) is 91.9 cm³/mol. The Balaban J connectivity index is 1.82. The Labute approximate surface area is 146 Å². The normalized spacial score (nSPS) is 13.5. The molecule has 1 aromatic heterocycles. The van der Waals surface area contributed by atoms with E-state index in [4.69, 9.17) is 4.74 Å². The summed E-state index contributed by atoms with van der Waals surface area (Å²) < 4.78 is 7.09. The van der Waals surface area contributed by atoms with Gasteiger partial charge in [0.05, 0.1) is 24.3 Å². The molecule has 6 heteroatoms. The van der Waals surface area contributed by atoms with Crippen molar-refractivity contribution in [2.75, 3.05) is 20.3 Å². The van der Waals surface area contributed by atoms with Crippen LogP contribution in [-0.2, 0) is 11.3 Å². The van der Waals surface area contributed by atoms with Crippen LogP contribution in [0, 0.1) is 13.8 Å². The molecule has 130 valence electrons. The van der Waals surface area contributed by atoms with Crippen LogP contribution in [0.25, 0.3) is 0 Å². The first-order chi connectivity index (χ1) is 12.0. The summed E-state index contributed by atoms with van der Waals surface area (Å²) in [6, 6.07) is 8.43. The molecule has 0 radical (unpaired) electrons. The molecule has 0 fully saturated rings. The maximum Gasteiger partial charge on any atom is 0.261 e. The highest BCUT2D eigenvalue weighted by Crippen LogP contribution is 2.23. The minimum atomic E-state index is -0.415. The van der Waals surface area contributed by atoms with Gasteiger partial charge in [-0.05, 0) is 32.0 Å². The fourth-order valence-corrected chi connectivity index (χ4v) is 3.22. The Morgan fingerprint density at radius 3 is 2.24 bits per heavy atom. The predicted octanol–water partition coefficient (Wildman–Crippen LogP) is 2.23. The zero-order chi connectivity index (χ0) is 18.1. The number of methoxy groups -OCH3 is 1. The zero-order valence-electron chi connectivity index (χ0n) is 14.5. The molecule has 0 N–H and O–H groups in total. The second kappa shape index (κ2) is 6.64. The molecule has 0 atom stereocenters. The Hall–Kier alpha value is -2.73. The van der Waals surface area contributed by atoms with Gasteiger partial charge in [0, 0.05) is 30.6 Å². The number of hydrogen-bond acceptors (Lipinski definition) is 4. The maximum absolute atomic E-state index is 12.7. The topological polar surface area (TPSA) is 68.6 Å². The number of Topliss-reactive ketones (excluding diaryl/α,β-unsaturated/α-hetero) is 1. The van der Waals surface area contributed by atoms with Crippen LogP contribution in [-0.4, -0.2) is 47.3 Å². The van der Waals surface area contributed by atoms with Crippen LogP contribution in [0.4, 0.5) is 0 Å². The number of hydrogen-bond donors (Lipinski definition) is 0. The van der Waals surface area contributed by atoms with Crippen molar-refractivity contribution in [1.82, 2.24) is 9.47 Å². The van der Waals surface area contributed by atoms with Gasteiger partial charge in [0.2, 0.25) is 0 Å². The Bertz CT molecular complexity index is 831. The summed E-state index contributed by atoms with van der Waals surface area (Å²) >= 11 is 0. The molecule has 6 nitrogen and oxygen atoms in total. The number of amides is 2. The molecule has 0 aliphatic carbocycles. The van der Waals surface area contributed by atoms with Crippen molar-refractivity contribution in [3.8, 4) is 0 Å². The molecule has 0 unspecified atom stereocenters. The van der Waals surface area contributed by atoms with Crippen molar-refractivity contribution in [1.29, 1.82) is 0 Å². The van der Waals surface area contributed by atoms with Crippen molar-refractivity contribution >= 4 is 17.6 Å². The number of nitrogens with zero attached hydrogens (tertiary/aromatic N) is 2. The second-order valence-electron chi connectivity index (χ2n) is 6.09. The van der Waals surface area contributed by atoms with E-state index in [1.807, 2.05) is 18.4 Å². The fraction of sp³-hybridized carbons (Fsp3) is 0.316. The minimum Gasteiger partial charge on any atom is -0.383 e. The van der Waals surface area contributed by atoms with E-state index in [-0.39, 0.29) is 12.3 Å². The van der Waals surface area contributed by atoms with Crippen LogP contribution in [0.1, 0.15) is 42.5 Å². The van der Waals surface area contributed by atoms with Crippen molar-refractivity contribution in [3.05, 3.63) is 58.4 Å². The van der Waals surface area contributed by atoms with Crippen LogP contribution in [0.2, 0.25) is 0 Å². The maximum atomic E-state index is 12.7. The Morgan fingerprint density at radius 1 is 1.08 bits per heavy atom. The van der Waals surface area contributed by atoms with Crippen molar-refractivity contribution < 1.29 is 19.1 Å². The van der Waals surface area contributed by atoms with Crippen LogP contribution >= 0.6 is 0 Å². The summed E-state index contributed by atoms with van der Waals surface area (Å²) in [7, 11) is 1.63. The van der Waals surface area contributed by atoms with Gasteiger partial charge in [-0.3, -0.25) is 19.3 Å². The van der Waals surface area contributed by atoms with Crippen LogP contribution in [0.5, 0.6) is 0 Å². The first kappa shape index (κ1) is 17.1. The van der Waals surface area contributed by atoms with Crippen molar-refractivity contribution in [2.45, 2.75) is 20.4 Å². The first-order valence-corrected chi connectivity index (χ1v) is 8.09. The monoisotopic (exact) mass is 340 g/mol. The number of ether oxygens (including phenoxy) is 1. The molecule has 0 spiro atoms. The highest BCUT2D eigenvalue weighted by atomic mass is 16.5. The largest absolute Gasteiger partial charge is 0.383 e. The number of rotatable bonds is 6. The first-order valence-electron chi connectivity index (χ1n) is 8.09. The van der Waals surface area contributed by atoms with E-state index in [0.29, 0.717) is 29.8 Å². The van der Waals surface area contributed by atoms with Gasteiger partial charge in [-0.2, -0.15) is 0 Å². The van der Waals surface area contributed by atoms with Gasteiger partial charge in [0.15, 0.2) is 5.78 Å². The van der Waals surface area contributed by atoms with E-state index in [0.717, 1.165) is 16.3 Å². The van der Waals surface area contributed by atoms with Crippen LogP contribution in [0.15, 0.2) is 30.3 Å². The second-order valence-corrected chi connectivity index (χ2v) is 6.09. The van der Waals surface area contributed by atoms with Crippen molar-refractivity contribution in [2.24, 2.45) is 0 Å². The fourth-order valence-electron chi connectivity index (χ4n) is 3.22. The molecular formula is C19H20N2O4. The number of imide groups is 1. The van der Waals surface area contributed by atoms with E-state index in [9.17, 15) is 14.4 Å². The summed E-state index contributed by atoms with van der Waals surface area (Å²) in [5, 5.41) is 0. The Kier molecular flexibility index (Phi) is 4.55. The quantitative estimate of drug-likeness (QED) is 0.597. The molecule has 0 saturated heterocycles. The highest BCUT2D eigenvalue weighted by Gasteiger charge is 2.36. The van der Waals surface area contributed by atoms with Gasteiger partial charge < -0.3 is 9.30 Å². The third kappa shape index (κ3) is 2.89. The number of ketones is 1. The number of aryl methyl sites for hydroxylation is 1. The number of carbonyl (C=O) groups is 3. The van der Waals surface area contributed by atoms with Crippen LogP contribution < -0.4 is 0 Å². The summed E-state index contributed by atoms with van der Waals surface area (Å²) in [5.41, 5.74) is 3.00. The van der Waals surface area contributed by atoms with E-state index >= 15 is 0 Å². The third-order valence-electron chi connectivity index (χ3n) is 4.57. The van der Waals surface area contributed by atoms with Crippen LogP contribution in [0.3, 0.4) is 0 Å². The lowest BCUT2D eigenvalue weighted by atomic mass is 10.1. The molecule has 2 heterocycles. The van der Waals surface area contributed by atoms with E-state index in [2.05, 4.69) is 0 Å². The molecule has 3 rings (SSSR count). The number of aromatic nitrogens is 1. The smallest absolute Gasteiger partial charge is 0.261 e. The highest BCUT2D eigenvalue weighted by molar-refractivity contribution is 6.23. The molecule has 2 amide bonds. The molecule has 1 aromatic carbocycles. The molecule has 25 heavy (non-hydrogen) atoms. The van der Waals surface area contributed by atoms with Gasteiger partial charge in [0.1, 0.15) is 0 Å². The summed E-state index contributed by atoms with van der Waals surface area (Å²) in [6.07, 6.45) is 0. The molecular weight excluding hydrogens is 320 g/mol. The summed E-state index contributed by atoms with van der Waals surface area (Å²) in [5.74, 6) is -1.07. The van der Waals surface area contributed by atoms with E-state index < -0.39 is 11.8 Å². The zero-order valence-corrected chi connectivity index (χ0v) is 14.5. The number of fused-ring (bicyclic) bond motifs is 1. The van der Waals surface area contributed by atoms with Gasteiger partial charge in [-0.25, -0.2) is 0 Å². The molecule has 1 aliphatic heterocycles. The van der Waals surface area contributed by atoms with Gasteiger partial charge in [-0.15, -0.1) is 0 Å². The van der Waals surface area contributed by atoms with Gasteiger partial charge >= 0.3 is 0 Å². The summed E-state index contributed by atoms with van der Waals surface area (Å²) in [4.78, 5) is 38.5. The molecule has 0 bridgehead atoms. The van der Waals surface area contributed by atoms with E-state index in [1.54, 1.807) is 37.4 Å². The molecule has 2 aromatic rings. The van der Waals surface area contributed by atoms with Gasteiger partial charge in [0.25, 0.3) is 11.8 Å². The minimum absolute atomic E-state index is 0.244. The van der Waals surface area contributed by atoms with E-state index in [1.165, 1.54) is 0 Å². The van der Waals surface area contributed by atoms with Gasteiger partial charge in [-0.1, -0.05) is 12.1 Å². The average molecular weight is 340 g/mol. The number of benzene rings is 1. The Morgan fingerprint density at radius 2 is 1.68 bits per heavy atom. The lowest BCUT2D eigenvalue weighted by Gasteiger charge is -2.13. The standard InChI is InChI=1S/C19H20N2O4/c1-12-10-16(13(2)20(12)8-9-25-3)17(22)11-21-18(23)14-6-4-5-7-15(14)19(21)24/h4-7,10H,8-9,11H2,1-3H3. The summed E-state index contributed by atoms with van der Waals surface area (Å²) in [6.45, 7) is 4.72. The molecule has 0 saturated carbocycles. The van der Waals surface area contributed by atoms with Crippen molar-refractivity contribution in [3.63, 3.8) is 0 Å². The SMILES string of the molecule is COCCn1c(C)cc(C(=O)CN2C(=O)c3ccccc3C2=O)c1C. The lowest BCUT2D eigenvalue weighted by molar-refractivity contribution is 0.0624. The third-order valence-corrected chi connectivity index (χ3v) is 4.57. The molecule has 1 aliphatic rings. The number of carbonyl (C=O) groups excluding carboxylic acids is 3. The lowest BCUT2D eigenvalue weighted by Crippen LogP contribution is -2.35.